The molecule has 2 aliphatic carbocycles. The van der Waals surface area contributed by atoms with Crippen LogP contribution in [-0.4, -0.2) is 46.8 Å². The number of fused-ring (bicyclic) bond motifs is 4. The van der Waals surface area contributed by atoms with Gasteiger partial charge in [0.05, 0.1) is 11.8 Å². The molecule has 2 saturated carbocycles. The molecular weight excluding hydrogens is 566 g/mol. The number of nitrogens with zero attached hydrogens (tertiary/aromatic N) is 3. The van der Waals surface area contributed by atoms with Crippen molar-refractivity contribution < 1.29 is 9.59 Å². The van der Waals surface area contributed by atoms with E-state index in [9.17, 15) is 9.59 Å². The number of hydrogen-bond acceptors (Lipinski definition) is 5. The lowest BCUT2D eigenvalue weighted by Gasteiger charge is -2.38. The van der Waals surface area contributed by atoms with Gasteiger partial charge < -0.3 is 14.7 Å². The Morgan fingerprint density at radius 1 is 0.717 bits per heavy atom. The Morgan fingerprint density at radius 2 is 1.28 bits per heavy atom. The highest BCUT2D eigenvalue weighted by atomic mass is 16.2. The molecule has 4 aromatic carbocycles. The number of anilines is 3. The first-order valence-electron chi connectivity index (χ1n) is 16.5. The van der Waals surface area contributed by atoms with Crippen LogP contribution in [0, 0.1) is 11.8 Å². The molecule has 0 saturated heterocycles. The van der Waals surface area contributed by atoms with Crippen LogP contribution >= 0.6 is 0 Å². The number of ketones is 2. The van der Waals surface area contributed by atoms with E-state index in [1.807, 2.05) is 40.3 Å². The first-order chi connectivity index (χ1) is 22.2. The van der Waals surface area contributed by atoms with Gasteiger partial charge in [-0.05, 0) is 82.3 Å². The maximum atomic E-state index is 14.0. The predicted molar refractivity (Wildman–Crippen MR) is 191 cm³/mol. The second-order valence-electron chi connectivity index (χ2n) is 13.7. The van der Waals surface area contributed by atoms with E-state index in [0.717, 1.165) is 59.5 Å². The fourth-order valence-electron chi connectivity index (χ4n) is 8.02. The highest BCUT2D eigenvalue weighted by molar-refractivity contribution is 6.27. The molecule has 0 atom stereocenters. The normalized spacial score (nSPS) is 21.0. The fourth-order valence-corrected chi connectivity index (χ4v) is 8.02. The van der Waals surface area contributed by atoms with Gasteiger partial charge in [0.25, 0.3) is 0 Å². The number of benzene rings is 4. The van der Waals surface area contributed by atoms with Crippen LogP contribution in [0.25, 0.3) is 16.3 Å². The van der Waals surface area contributed by atoms with Crippen molar-refractivity contribution >= 4 is 45.0 Å². The Bertz CT molecular complexity index is 1810. The molecule has 5 nitrogen and oxygen atoms in total. The van der Waals surface area contributed by atoms with Crippen molar-refractivity contribution in [3.8, 4) is 0 Å². The van der Waals surface area contributed by atoms with E-state index in [0.29, 0.717) is 0 Å². The zero-order valence-corrected chi connectivity index (χ0v) is 27.6. The van der Waals surface area contributed by atoms with Crippen LogP contribution in [0.3, 0.4) is 0 Å². The van der Waals surface area contributed by atoms with Gasteiger partial charge in [0.15, 0.2) is 11.6 Å². The number of carbonyl (C=O) groups is 2. The average Bonchev–Trinajstić information content (AvgIpc) is 3.30. The maximum absolute atomic E-state index is 14.0. The number of allylic oxidation sites excluding steroid dienone is 3. The Kier molecular flexibility index (Phi) is 7.59. The molecule has 0 N–H and O–H groups in total. The van der Waals surface area contributed by atoms with Gasteiger partial charge in [-0.2, -0.15) is 0 Å². The molecule has 0 unspecified atom stereocenters. The summed E-state index contributed by atoms with van der Waals surface area (Å²) in [5, 5.41) is 2.53. The SMILES string of the molecule is CN(C)c1ccc(C(=CC2C(=O)C(/C=C3\N(C)c4ccc5ccccc5c4C34CCCCC4)C2=O)c2ccc(N(C)C)cc2)cc1. The number of rotatable bonds is 6. The molecule has 2 fully saturated rings. The van der Waals surface area contributed by atoms with Gasteiger partial charge in [0.1, 0.15) is 0 Å². The summed E-state index contributed by atoms with van der Waals surface area (Å²) in [6, 6.07) is 29.7. The third kappa shape index (κ3) is 4.84. The standard InChI is InChI=1S/C41H43N3O2/c1-42(2)30-18-13-28(14-19-30)33(29-15-20-31(21-16-29)43(3)4)25-34-39(45)35(40(34)46)26-37-41(23-9-6-10-24-41)38-32-12-8-7-11-27(32)17-22-36(38)44(37)5/h7-8,11-22,25-26,34-35H,6,9-10,23-24H2,1-5H3/b37-26-. The Labute approximate surface area is 272 Å². The molecule has 4 aromatic rings. The number of Topliss-reactive ketones (excluding diaryl/α,β-unsaturated/α-hetero) is 2. The lowest BCUT2D eigenvalue weighted by molar-refractivity contribution is -0.146. The summed E-state index contributed by atoms with van der Waals surface area (Å²) in [7, 11) is 10.2. The van der Waals surface area contributed by atoms with E-state index in [4.69, 9.17) is 0 Å². The molecule has 0 aromatic heterocycles. The van der Waals surface area contributed by atoms with E-state index in [1.54, 1.807) is 0 Å². The Balaban J connectivity index is 1.26. The summed E-state index contributed by atoms with van der Waals surface area (Å²) < 4.78 is 0. The molecule has 5 heteroatoms. The number of likely N-dealkylation sites (N-methyl/N-ethyl adjacent to an activating group) is 1. The lowest BCUT2D eigenvalue weighted by atomic mass is 9.65. The summed E-state index contributed by atoms with van der Waals surface area (Å²) in [6.07, 6.45) is 9.54. The van der Waals surface area contributed by atoms with Crippen LogP contribution in [0.5, 0.6) is 0 Å². The molecular formula is C41H43N3O2. The van der Waals surface area contributed by atoms with Crippen molar-refractivity contribution in [2.24, 2.45) is 11.8 Å². The molecule has 1 aliphatic heterocycles. The number of carbonyl (C=O) groups excluding carboxylic acids is 2. The van der Waals surface area contributed by atoms with Crippen LogP contribution in [0.2, 0.25) is 0 Å². The average molecular weight is 610 g/mol. The Morgan fingerprint density at radius 3 is 1.85 bits per heavy atom. The first-order valence-corrected chi connectivity index (χ1v) is 16.5. The van der Waals surface area contributed by atoms with Crippen molar-refractivity contribution in [2.45, 2.75) is 37.5 Å². The monoisotopic (exact) mass is 609 g/mol. The van der Waals surface area contributed by atoms with Gasteiger partial charge in [-0.3, -0.25) is 9.59 Å². The van der Waals surface area contributed by atoms with Crippen molar-refractivity contribution in [1.29, 1.82) is 0 Å². The van der Waals surface area contributed by atoms with Crippen LogP contribution in [0.15, 0.2) is 103 Å². The quantitative estimate of drug-likeness (QED) is 0.207. The van der Waals surface area contributed by atoms with Gasteiger partial charge in [0.2, 0.25) is 0 Å². The van der Waals surface area contributed by atoms with Gasteiger partial charge in [-0.25, -0.2) is 0 Å². The smallest absolute Gasteiger partial charge is 0.161 e. The van der Waals surface area contributed by atoms with Crippen molar-refractivity contribution in [1.82, 2.24) is 0 Å². The number of hydrogen-bond donors (Lipinski definition) is 0. The molecule has 1 spiro atoms. The minimum absolute atomic E-state index is 0.00926. The molecule has 7 rings (SSSR count). The summed E-state index contributed by atoms with van der Waals surface area (Å²) in [5.74, 6) is -1.49. The molecule has 234 valence electrons. The van der Waals surface area contributed by atoms with E-state index in [2.05, 4.69) is 107 Å². The van der Waals surface area contributed by atoms with Crippen molar-refractivity contribution in [2.75, 3.05) is 49.9 Å². The Hall–Kier alpha value is -4.64. The van der Waals surface area contributed by atoms with Crippen LogP contribution < -0.4 is 14.7 Å². The highest BCUT2D eigenvalue weighted by Gasteiger charge is 2.51. The minimum atomic E-state index is -0.754. The van der Waals surface area contributed by atoms with E-state index >= 15 is 0 Å². The van der Waals surface area contributed by atoms with Gasteiger partial charge in [0, 0.05) is 63.4 Å². The zero-order valence-electron chi connectivity index (χ0n) is 27.6. The van der Waals surface area contributed by atoms with Crippen LogP contribution in [0.1, 0.15) is 48.8 Å². The summed E-state index contributed by atoms with van der Waals surface area (Å²) in [6.45, 7) is 0. The first kappa shape index (κ1) is 30.0. The predicted octanol–water partition coefficient (Wildman–Crippen LogP) is 8.02. The highest BCUT2D eigenvalue weighted by Crippen LogP contribution is 2.57. The molecule has 46 heavy (non-hydrogen) atoms. The largest absolute Gasteiger partial charge is 0.378 e. The van der Waals surface area contributed by atoms with E-state index in [1.165, 1.54) is 28.4 Å². The molecule has 0 bridgehead atoms. The lowest BCUT2D eigenvalue weighted by Crippen LogP contribution is -2.47. The minimum Gasteiger partial charge on any atom is -0.378 e. The third-order valence-electron chi connectivity index (χ3n) is 10.6. The van der Waals surface area contributed by atoms with E-state index < -0.39 is 11.8 Å². The summed E-state index contributed by atoms with van der Waals surface area (Å²) >= 11 is 0. The maximum Gasteiger partial charge on any atom is 0.161 e. The second kappa shape index (κ2) is 11.6. The van der Waals surface area contributed by atoms with Gasteiger partial charge in [-0.1, -0.05) is 79.9 Å². The molecule has 0 radical (unpaired) electrons. The van der Waals surface area contributed by atoms with Crippen molar-refractivity contribution in [3.63, 3.8) is 0 Å². The topological polar surface area (TPSA) is 43.9 Å². The third-order valence-corrected chi connectivity index (χ3v) is 10.6. The van der Waals surface area contributed by atoms with Gasteiger partial charge in [-0.15, -0.1) is 0 Å². The molecule has 3 aliphatic rings. The van der Waals surface area contributed by atoms with Crippen molar-refractivity contribution in [3.05, 3.63) is 119 Å². The summed E-state index contributed by atoms with van der Waals surface area (Å²) in [4.78, 5) is 34.3. The fraction of sp³-hybridized carbons (Fsp3) is 0.317. The zero-order chi connectivity index (χ0) is 32.2. The van der Waals surface area contributed by atoms with Gasteiger partial charge >= 0.3 is 0 Å². The summed E-state index contributed by atoms with van der Waals surface area (Å²) in [5.41, 5.74) is 8.62. The molecule has 0 amide bonds. The van der Waals surface area contributed by atoms with Crippen LogP contribution in [0.4, 0.5) is 17.1 Å². The van der Waals surface area contributed by atoms with E-state index in [-0.39, 0.29) is 17.0 Å². The second-order valence-corrected chi connectivity index (χ2v) is 13.7. The van der Waals surface area contributed by atoms with Crippen LogP contribution in [-0.2, 0) is 15.0 Å². The molecule has 1 heterocycles.